The molecular formula is C11H15ClN4O. The van der Waals surface area contributed by atoms with E-state index in [9.17, 15) is 0 Å². The average Bonchev–Trinajstić information content (AvgIpc) is 2.90. The highest BCUT2D eigenvalue weighted by molar-refractivity contribution is 6.29. The Kier molecular flexibility index (Phi) is 3.83. The number of nitrogens with one attached hydrogen (secondary N) is 1. The first-order valence-electron chi connectivity index (χ1n) is 5.37. The molecule has 0 amide bonds. The molecule has 2 aromatic heterocycles. The van der Waals surface area contributed by atoms with E-state index in [2.05, 4.69) is 10.5 Å². The first-order valence-corrected chi connectivity index (χ1v) is 5.75. The summed E-state index contributed by atoms with van der Waals surface area (Å²) in [5.74, 6) is 5.53. The number of aromatic nitrogens is 2. The Balaban J connectivity index is 1.99. The number of rotatable bonds is 5. The summed E-state index contributed by atoms with van der Waals surface area (Å²) in [5, 5.41) is 4.51. The van der Waals surface area contributed by atoms with Crippen LogP contribution in [-0.4, -0.2) is 9.78 Å². The molecule has 3 N–H and O–H groups in total. The molecule has 17 heavy (non-hydrogen) atoms. The van der Waals surface area contributed by atoms with Gasteiger partial charge in [-0.2, -0.15) is 5.10 Å². The lowest BCUT2D eigenvalue weighted by Crippen LogP contribution is -2.28. The Hall–Kier alpha value is -1.30. The maximum absolute atomic E-state index is 5.92. The van der Waals surface area contributed by atoms with Crippen LogP contribution in [0.25, 0.3) is 0 Å². The predicted octanol–water partition coefficient (Wildman–Crippen LogP) is 1.80. The number of furan rings is 1. The van der Waals surface area contributed by atoms with Crippen molar-refractivity contribution >= 4 is 11.6 Å². The molecule has 92 valence electrons. The van der Waals surface area contributed by atoms with Gasteiger partial charge >= 0.3 is 0 Å². The van der Waals surface area contributed by atoms with Gasteiger partial charge in [-0.25, -0.2) is 0 Å². The normalized spacial score (nSPS) is 12.9. The van der Waals surface area contributed by atoms with Gasteiger partial charge < -0.3 is 4.42 Å². The Labute approximate surface area is 105 Å². The van der Waals surface area contributed by atoms with Gasteiger partial charge in [0.15, 0.2) is 5.22 Å². The summed E-state index contributed by atoms with van der Waals surface area (Å²) in [6.07, 6.45) is 7.12. The zero-order valence-corrected chi connectivity index (χ0v) is 10.3. The predicted molar refractivity (Wildman–Crippen MR) is 65.3 cm³/mol. The number of halogens is 1. The van der Waals surface area contributed by atoms with Gasteiger partial charge in [0.2, 0.25) is 0 Å². The van der Waals surface area contributed by atoms with Crippen molar-refractivity contribution in [3.05, 3.63) is 41.1 Å². The van der Waals surface area contributed by atoms with E-state index >= 15 is 0 Å². The molecule has 0 fully saturated rings. The van der Waals surface area contributed by atoms with Crippen LogP contribution in [0.15, 0.2) is 29.1 Å². The molecule has 0 bridgehead atoms. The monoisotopic (exact) mass is 254 g/mol. The molecule has 6 heteroatoms. The number of hydrogen-bond acceptors (Lipinski definition) is 4. The van der Waals surface area contributed by atoms with E-state index in [1.807, 2.05) is 25.5 Å². The fourth-order valence-electron chi connectivity index (χ4n) is 1.79. The maximum Gasteiger partial charge on any atom is 0.197 e. The first kappa shape index (κ1) is 12.2. The molecule has 0 saturated heterocycles. The minimum atomic E-state index is -0.0125. The lowest BCUT2D eigenvalue weighted by Gasteiger charge is -2.13. The minimum Gasteiger partial charge on any atom is -0.453 e. The molecular weight excluding hydrogens is 240 g/mol. The summed E-state index contributed by atoms with van der Waals surface area (Å²) >= 11 is 5.92. The van der Waals surface area contributed by atoms with Gasteiger partial charge in [-0.15, -0.1) is 0 Å². The largest absolute Gasteiger partial charge is 0.453 e. The van der Waals surface area contributed by atoms with Crippen molar-refractivity contribution in [1.29, 1.82) is 0 Å². The number of nitrogens with zero attached hydrogens (tertiary/aromatic N) is 2. The van der Waals surface area contributed by atoms with Gasteiger partial charge in [-0.3, -0.25) is 16.0 Å². The van der Waals surface area contributed by atoms with E-state index in [1.165, 1.54) is 5.56 Å². The zero-order valence-electron chi connectivity index (χ0n) is 9.56. The number of nitrogens with two attached hydrogens (primary N) is 1. The van der Waals surface area contributed by atoms with E-state index in [0.717, 1.165) is 18.4 Å². The highest BCUT2D eigenvalue weighted by atomic mass is 35.5. The van der Waals surface area contributed by atoms with Gasteiger partial charge in [0, 0.05) is 18.8 Å². The van der Waals surface area contributed by atoms with Crippen LogP contribution >= 0.6 is 11.6 Å². The summed E-state index contributed by atoms with van der Waals surface area (Å²) in [5.41, 5.74) is 4.81. The van der Waals surface area contributed by atoms with Gasteiger partial charge in [0.25, 0.3) is 0 Å². The highest BCUT2D eigenvalue weighted by Crippen LogP contribution is 2.26. The fourth-order valence-corrected chi connectivity index (χ4v) is 2.04. The second kappa shape index (κ2) is 5.35. The van der Waals surface area contributed by atoms with Gasteiger partial charge in [0.1, 0.15) is 0 Å². The van der Waals surface area contributed by atoms with Crippen LogP contribution in [0, 0.1) is 0 Å². The van der Waals surface area contributed by atoms with Crippen molar-refractivity contribution in [2.45, 2.75) is 18.9 Å². The van der Waals surface area contributed by atoms with Crippen LogP contribution < -0.4 is 11.3 Å². The molecule has 2 aromatic rings. The number of aryl methyl sites for hydroxylation is 2. The third-order valence-corrected chi connectivity index (χ3v) is 3.01. The Morgan fingerprint density at radius 2 is 2.47 bits per heavy atom. The van der Waals surface area contributed by atoms with E-state index in [-0.39, 0.29) is 6.04 Å². The molecule has 0 aliphatic carbocycles. The van der Waals surface area contributed by atoms with E-state index in [0.29, 0.717) is 5.22 Å². The third kappa shape index (κ3) is 2.88. The van der Waals surface area contributed by atoms with Gasteiger partial charge in [0.05, 0.1) is 18.5 Å². The number of hydrogen-bond donors (Lipinski definition) is 2. The van der Waals surface area contributed by atoms with Crippen molar-refractivity contribution in [3.63, 3.8) is 0 Å². The van der Waals surface area contributed by atoms with Crippen molar-refractivity contribution in [2.75, 3.05) is 0 Å². The van der Waals surface area contributed by atoms with Crippen LogP contribution in [-0.2, 0) is 13.5 Å². The van der Waals surface area contributed by atoms with Crippen LogP contribution in [0.4, 0.5) is 0 Å². The molecule has 0 aromatic carbocycles. The summed E-state index contributed by atoms with van der Waals surface area (Å²) in [7, 11) is 1.90. The molecule has 1 atom stereocenters. The summed E-state index contributed by atoms with van der Waals surface area (Å²) in [4.78, 5) is 0. The van der Waals surface area contributed by atoms with Crippen molar-refractivity contribution < 1.29 is 4.42 Å². The minimum absolute atomic E-state index is 0.0125. The lowest BCUT2D eigenvalue weighted by atomic mass is 10.0. The van der Waals surface area contributed by atoms with E-state index < -0.39 is 0 Å². The number of hydrazine groups is 1. The quantitative estimate of drug-likeness (QED) is 0.631. The van der Waals surface area contributed by atoms with Crippen LogP contribution in [0.1, 0.15) is 23.6 Å². The van der Waals surface area contributed by atoms with Gasteiger partial charge in [-0.1, -0.05) is 0 Å². The maximum atomic E-state index is 5.92. The average molecular weight is 255 g/mol. The SMILES string of the molecule is Cn1cc(CCC(NN)c2ccoc2Cl)cn1. The lowest BCUT2D eigenvalue weighted by molar-refractivity contribution is 0.502. The smallest absolute Gasteiger partial charge is 0.197 e. The van der Waals surface area contributed by atoms with Crippen LogP contribution in [0.3, 0.4) is 0 Å². The molecule has 0 radical (unpaired) electrons. The molecule has 2 rings (SSSR count). The van der Waals surface area contributed by atoms with Crippen LogP contribution in [0.5, 0.6) is 0 Å². The first-order chi connectivity index (χ1) is 8.20. The Morgan fingerprint density at radius 3 is 3.00 bits per heavy atom. The van der Waals surface area contributed by atoms with Crippen molar-refractivity contribution in [3.8, 4) is 0 Å². The molecule has 1 unspecified atom stereocenters. The second-order valence-electron chi connectivity index (χ2n) is 3.93. The second-order valence-corrected chi connectivity index (χ2v) is 4.27. The van der Waals surface area contributed by atoms with E-state index in [1.54, 1.807) is 10.9 Å². The van der Waals surface area contributed by atoms with Crippen molar-refractivity contribution in [2.24, 2.45) is 12.9 Å². The Morgan fingerprint density at radius 1 is 1.65 bits per heavy atom. The summed E-state index contributed by atoms with van der Waals surface area (Å²) < 4.78 is 6.84. The molecule has 2 heterocycles. The van der Waals surface area contributed by atoms with Crippen molar-refractivity contribution in [1.82, 2.24) is 15.2 Å². The molecule has 0 aliphatic heterocycles. The standard InChI is InChI=1S/C11H15ClN4O/c1-16-7-8(6-14-16)2-3-10(15-13)9-4-5-17-11(9)12/h4-7,10,15H,2-3,13H2,1H3. The van der Waals surface area contributed by atoms with Gasteiger partial charge in [-0.05, 0) is 36.1 Å². The zero-order chi connectivity index (χ0) is 12.3. The third-order valence-electron chi connectivity index (χ3n) is 2.70. The molecule has 0 saturated carbocycles. The molecule has 0 spiro atoms. The summed E-state index contributed by atoms with van der Waals surface area (Å²) in [6, 6.07) is 1.82. The topological polar surface area (TPSA) is 69.0 Å². The Bertz CT molecular complexity index is 479. The van der Waals surface area contributed by atoms with Crippen LogP contribution in [0.2, 0.25) is 5.22 Å². The molecule has 0 aliphatic rings. The summed E-state index contributed by atoms with van der Waals surface area (Å²) in [6.45, 7) is 0. The van der Waals surface area contributed by atoms with E-state index in [4.69, 9.17) is 21.9 Å². The highest BCUT2D eigenvalue weighted by Gasteiger charge is 2.15. The molecule has 5 nitrogen and oxygen atoms in total. The fraction of sp³-hybridized carbons (Fsp3) is 0.364.